The summed E-state index contributed by atoms with van der Waals surface area (Å²) in [7, 11) is 0. The van der Waals surface area contributed by atoms with Gasteiger partial charge >= 0.3 is 6.18 Å². The van der Waals surface area contributed by atoms with Gasteiger partial charge in [-0.15, -0.1) is 0 Å². The third kappa shape index (κ3) is 2.43. The monoisotopic (exact) mass is 292 g/mol. The van der Waals surface area contributed by atoms with E-state index in [9.17, 15) is 23.1 Å². The van der Waals surface area contributed by atoms with Crippen LogP contribution in [0.1, 0.15) is 12.5 Å². The van der Waals surface area contributed by atoms with Crippen molar-refractivity contribution in [3.63, 3.8) is 0 Å². The van der Waals surface area contributed by atoms with Gasteiger partial charge in [-0.25, -0.2) is 4.98 Å². The molecule has 0 aliphatic carbocycles. The number of carbonyl (C=O) groups excluding carboxylic acids is 1. The van der Waals surface area contributed by atoms with Crippen LogP contribution in [0.15, 0.2) is 23.9 Å². The van der Waals surface area contributed by atoms with Crippen LogP contribution in [-0.2, 0) is 11.0 Å². The molecule has 4 nitrogen and oxygen atoms in total. The Kier molecular flexibility index (Phi) is 3.27. The number of hydrogen-bond donors (Lipinski definition) is 1. The topological polar surface area (TPSA) is 53.4 Å². The minimum Gasteiger partial charge on any atom is -0.369 e. The number of hydrogen-bond acceptors (Lipinski definition) is 3. The predicted octanol–water partition coefficient (Wildman–Crippen LogP) is 2.37. The highest BCUT2D eigenvalue weighted by Crippen LogP contribution is 2.37. The lowest BCUT2D eigenvalue weighted by atomic mass is 10.2. The molecule has 19 heavy (non-hydrogen) atoms. The second-order valence-corrected chi connectivity index (χ2v) is 4.40. The van der Waals surface area contributed by atoms with Gasteiger partial charge in [0.1, 0.15) is 5.82 Å². The van der Waals surface area contributed by atoms with E-state index in [4.69, 9.17) is 11.6 Å². The van der Waals surface area contributed by atoms with E-state index in [-0.39, 0.29) is 5.82 Å². The number of anilines is 1. The molecule has 1 aliphatic heterocycles. The SMILES string of the molecule is CC1=CC(=O)N(c2cc(C(F)(F)F)c(Cl)cn2)C1O. The molecule has 2 rings (SSSR count). The van der Waals surface area contributed by atoms with E-state index in [2.05, 4.69) is 4.98 Å². The molecule has 1 atom stereocenters. The lowest BCUT2D eigenvalue weighted by Crippen LogP contribution is -2.35. The number of aliphatic hydroxyl groups excluding tert-OH is 1. The Labute approximate surface area is 111 Å². The number of alkyl halides is 3. The molecule has 0 radical (unpaired) electrons. The van der Waals surface area contributed by atoms with Gasteiger partial charge in [-0.3, -0.25) is 9.69 Å². The van der Waals surface area contributed by atoms with Gasteiger partial charge < -0.3 is 5.11 Å². The van der Waals surface area contributed by atoms with Crippen molar-refractivity contribution in [1.82, 2.24) is 4.98 Å². The van der Waals surface area contributed by atoms with Gasteiger partial charge in [0.15, 0.2) is 6.23 Å². The quantitative estimate of drug-likeness (QED) is 0.864. The Morgan fingerprint density at radius 1 is 1.47 bits per heavy atom. The molecule has 0 saturated carbocycles. The molecule has 1 amide bonds. The van der Waals surface area contributed by atoms with Crippen LogP contribution in [0.3, 0.4) is 0 Å². The van der Waals surface area contributed by atoms with Crippen LogP contribution in [0.5, 0.6) is 0 Å². The van der Waals surface area contributed by atoms with E-state index in [1.807, 2.05) is 0 Å². The molecule has 0 saturated heterocycles. The Morgan fingerprint density at radius 2 is 2.11 bits per heavy atom. The van der Waals surface area contributed by atoms with Crippen molar-refractivity contribution in [1.29, 1.82) is 0 Å². The lowest BCUT2D eigenvalue weighted by Gasteiger charge is -2.22. The number of aromatic nitrogens is 1. The van der Waals surface area contributed by atoms with E-state index in [1.165, 1.54) is 6.92 Å². The van der Waals surface area contributed by atoms with Crippen molar-refractivity contribution in [3.8, 4) is 0 Å². The second kappa shape index (κ2) is 4.50. The molecule has 0 aromatic carbocycles. The number of rotatable bonds is 1. The van der Waals surface area contributed by atoms with E-state index in [0.29, 0.717) is 11.6 Å². The first-order chi connectivity index (χ1) is 8.71. The van der Waals surface area contributed by atoms with Crippen molar-refractivity contribution >= 4 is 23.3 Å². The average molecular weight is 293 g/mol. The molecule has 102 valence electrons. The summed E-state index contributed by atoms with van der Waals surface area (Å²) < 4.78 is 38.1. The van der Waals surface area contributed by atoms with Crippen molar-refractivity contribution in [2.75, 3.05) is 4.90 Å². The Bertz CT molecular complexity index is 572. The van der Waals surface area contributed by atoms with E-state index < -0.39 is 28.9 Å². The maximum Gasteiger partial charge on any atom is 0.418 e. The van der Waals surface area contributed by atoms with Crippen LogP contribution in [0.25, 0.3) is 0 Å². The van der Waals surface area contributed by atoms with Gasteiger partial charge in [-0.05, 0) is 18.6 Å². The zero-order valence-electron chi connectivity index (χ0n) is 9.57. The molecule has 1 N–H and O–H groups in total. The number of amides is 1. The number of halogens is 4. The molecule has 1 unspecified atom stereocenters. The fourth-order valence-corrected chi connectivity index (χ4v) is 1.89. The standard InChI is InChI=1S/C11H8ClF3N2O2/c1-5-2-9(18)17(10(5)19)8-3-6(11(13,14)15)7(12)4-16-8/h2-4,10,19H,1H3. The third-order valence-corrected chi connectivity index (χ3v) is 2.93. The normalized spacial score (nSPS) is 19.9. The molecule has 8 heteroatoms. The smallest absolute Gasteiger partial charge is 0.369 e. The van der Waals surface area contributed by atoms with Gasteiger partial charge in [-0.2, -0.15) is 13.2 Å². The Balaban J connectivity index is 2.46. The van der Waals surface area contributed by atoms with Crippen molar-refractivity contribution < 1.29 is 23.1 Å². The van der Waals surface area contributed by atoms with Gasteiger partial charge in [-0.1, -0.05) is 11.6 Å². The van der Waals surface area contributed by atoms with Crippen LogP contribution in [-0.4, -0.2) is 22.2 Å². The number of carbonyl (C=O) groups is 1. The van der Waals surface area contributed by atoms with Gasteiger partial charge in [0, 0.05) is 12.3 Å². The van der Waals surface area contributed by atoms with Crippen molar-refractivity contribution in [2.45, 2.75) is 19.3 Å². The molecule has 0 spiro atoms. The second-order valence-electron chi connectivity index (χ2n) is 3.99. The largest absolute Gasteiger partial charge is 0.418 e. The van der Waals surface area contributed by atoms with Crippen LogP contribution in [0.4, 0.5) is 19.0 Å². The lowest BCUT2D eigenvalue weighted by molar-refractivity contribution is -0.137. The van der Waals surface area contributed by atoms with Crippen molar-refractivity contribution in [2.24, 2.45) is 0 Å². The van der Waals surface area contributed by atoms with Gasteiger partial charge in [0.25, 0.3) is 5.91 Å². The highest BCUT2D eigenvalue weighted by molar-refractivity contribution is 6.31. The highest BCUT2D eigenvalue weighted by atomic mass is 35.5. The van der Waals surface area contributed by atoms with E-state index >= 15 is 0 Å². The minimum absolute atomic E-state index is 0.303. The number of aliphatic hydroxyl groups is 1. The third-order valence-electron chi connectivity index (χ3n) is 2.63. The minimum atomic E-state index is -4.66. The van der Waals surface area contributed by atoms with E-state index in [0.717, 1.165) is 17.2 Å². The summed E-state index contributed by atoms with van der Waals surface area (Å²) in [5.74, 6) is -0.935. The highest BCUT2D eigenvalue weighted by Gasteiger charge is 2.36. The summed E-state index contributed by atoms with van der Waals surface area (Å²) in [6, 6.07) is 0.635. The fourth-order valence-electron chi connectivity index (χ4n) is 1.68. The predicted molar refractivity (Wildman–Crippen MR) is 61.5 cm³/mol. The summed E-state index contributed by atoms with van der Waals surface area (Å²) in [6.07, 6.45) is -4.05. The summed E-state index contributed by atoms with van der Waals surface area (Å²) >= 11 is 5.43. The maximum atomic E-state index is 12.7. The zero-order valence-corrected chi connectivity index (χ0v) is 10.3. The first-order valence-corrected chi connectivity index (χ1v) is 5.52. The molecule has 0 fully saturated rings. The van der Waals surface area contributed by atoms with Gasteiger partial charge in [0.05, 0.1) is 10.6 Å². The summed E-state index contributed by atoms with van der Waals surface area (Å²) in [4.78, 5) is 16.0. The number of nitrogens with zero attached hydrogens (tertiary/aromatic N) is 2. The number of pyridine rings is 1. The summed E-state index contributed by atoms with van der Waals surface area (Å²) in [5, 5.41) is 9.16. The van der Waals surface area contributed by atoms with Crippen LogP contribution in [0, 0.1) is 0 Å². The molecule has 1 aromatic rings. The molecular weight excluding hydrogens is 285 g/mol. The molecule has 0 bridgehead atoms. The van der Waals surface area contributed by atoms with Crippen LogP contribution >= 0.6 is 11.6 Å². The van der Waals surface area contributed by atoms with Crippen LogP contribution < -0.4 is 4.90 Å². The first kappa shape index (κ1) is 13.8. The van der Waals surface area contributed by atoms with Gasteiger partial charge in [0.2, 0.25) is 0 Å². The Hall–Kier alpha value is -1.60. The maximum absolute atomic E-state index is 12.7. The van der Waals surface area contributed by atoms with Crippen molar-refractivity contribution in [3.05, 3.63) is 34.5 Å². The first-order valence-electron chi connectivity index (χ1n) is 5.14. The summed E-state index contributed by atoms with van der Waals surface area (Å²) in [6.45, 7) is 1.49. The molecular formula is C11H8ClF3N2O2. The Morgan fingerprint density at radius 3 is 2.58 bits per heavy atom. The molecule has 1 aliphatic rings. The average Bonchev–Trinajstić information content (AvgIpc) is 2.53. The molecule has 1 aromatic heterocycles. The fraction of sp³-hybridized carbons (Fsp3) is 0.273. The summed E-state index contributed by atoms with van der Waals surface area (Å²) in [5.41, 5.74) is -0.779. The van der Waals surface area contributed by atoms with Crippen LogP contribution in [0.2, 0.25) is 5.02 Å². The molecule has 2 heterocycles. The van der Waals surface area contributed by atoms with E-state index in [1.54, 1.807) is 0 Å². The zero-order chi connectivity index (χ0) is 14.4.